The standard InChI is InChI=1S/C17H29NS/c1-5-10-18-17(15-8-6-12(2)7-9-15)16-11-13(3)14(4)19-16/h11-12,15,17-18H,5-10H2,1-4H3. The first kappa shape index (κ1) is 15.1. The second-order valence-corrected chi connectivity index (χ2v) is 7.63. The van der Waals surface area contributed by atoms with Crippen LogP contribution in [0.4, 0.5) is 0 Å². The lowest BCUT2D eigenvalue weighted by Gasteiger charge is -2.33. The number of hydrogen-bond acceptors (Lipinski definition) is 2. The zero-order valence-electron chi connectivity index (χ0n) is 13.0. The van der Waals surface area contributed by atoms with Crippen LogP contribution in [0.2, 0.25) is 0 Å². The summed E-state index contributed by atoms with van der Waals surface area (Å²) in [6.45, 7) is 10.3. The highest BCUT2D eigenvalue weighted by molar-refractivity contribution is 7.12. The Kier molecular flexibility index (Phi) is 5.47. The number of hydrogen-bond donors (Lipinski definition) is 1. The maximum atomic E-state index is 3.82. The molecule has 0 radical (unpaired) electrons. The molecule has 0 bridgehead atoms. The Bertz CT molecular complexity index is 368. The summed E-state index contributed by atoms with van der Waals surface area (Å²) >= 11 is 2.00. The first-order valence-corrected chi connectivity index (χ1v) is 8.73. The van der Waals surface area contributed by atoms with E-state index in [4.69, 9.17) is 0 Å². The topological polar surface area (TPSA) is 12.0 Å². The predicted molar refractivity (Wildman–Crippen MR) is 85.9 cm³/mol. The van der Waals surface area contributed by atoms with E-state index in [0.717, 1.165) is 18.4 Å². The molecule has 1 saturated carbocycles. The number of rotatable bonds is 5. The van der Waals surface area contributed by atoms with Gasteiger partial charge in [0.25, 0.3) is 0 Å². The van der Waals surface area contributed by atoms with Crippen molar-refractivity contribution in [2.45, 2.75) is 65.8 Å². The molecule has 1 fully saturated rings. The zero-order valence-corrected chi connectivity index (χ0v) is 13.8. The molecule has 108 valence electrons. The quantitative estimate of drug-likeness (QED) is 0.778. The van der Waals surface area contributed by atoms with Gasteiger partial charge in [0, 0.05) is 15.8 Å². The molecule has 0 aromatic carbocycles. The van der Waals surface area contributed by atoms with Gasteiger partial charge < -0.3 is 5.32 Å². The molecule has 2 heteroatoms. The normalized spacial score (nSPS) is 25.5. The van der Waals surface area contributed by atoms with E-state index < -0.39 is 0 Å². The van der Waals surface area contributed by atoms with Crippen molar-refractivity contribution in [1.82, 2.24) is 5.32 Å². The second-order valence-electron chi connectivity index (χ2n) is 6.34. The third-order valence-electron chi connectivity index (χ3n) is 4.64. The van der Waals surface area contributed by atoms with Crippen molar-refractivity contribution in [3.8, 4) is 0 Å². The number of thiophene rings is 1. The predicted octanol–water partition coefficient (Wildman–Crippen LogP) is 5.23. The van der Waals surface area contributed by atoms with Crippen LogP contribution in [0.1, 0.15) is 67.3 Å². The van der Waals surface area contributed by atoms with Crippen molar-refractivity contribution in [3.63, 3.8) is 0 Å². The average molecular weight is 279 g/mol. The van der Waals surface area contributed by atoms with E-state index in [0.29, 0.717) is 6.04 Å². The molecule has 1 aliphatic rings. The largest absolute Gasteiger partial charge is 0.309 e. The number of nitrogens with one attached hydrogen (secondary N) is 1. The Morgan fingerprint density at radius 2 is 1.95 bits per heavy atom. The molecule has 1 aliphatic carbocycles. The van der Waals surface area contributed by atoms with Crippen LogP contribution in [-0.2, 0) is 0 Å². The van der Waals surface area contributed by atoms with Gasteiger partial charge in [-0.1, -0.05) is 26.7 Å². The van der Waals surface area contributed by atoms with Gasteiger partial charge in [0.1, 0.15) is 0 Å². The highest BCUT2D eigenvalue weighted by atomic mass is 32.1. The Labute approximate surface area is 122 Å². The van der Waals surface area contributed by atoms with Crippen molar-refractivity contribution >= 4 is 11.3 Å². The summed E-state index contributed by atoms with van der Waals surface area (Å²) in [5.41, 5.74) is 1.47. The van der Waals surface area contributed by atoms with Gasteiger partial charge in [-0.2, -0.15) is 0 Å². The lowest BCUT2D eigenvalue weighted by atomic mass is 9.78. The molecule has 0 amide bonds. The molecule has 1 atom stereocenters. The second kappa shape index (κ2) is 6.90. The summed E-state index contributed by atoms with van der Waals surface area (Å²) in [4.78, 5) is 3.06. The smallest absolute Gasteiger partial charge is 0.0443 e. The van der Waals surface area contributed by atoms with Crippen molar-refractivity contribution in [2.75, 3.05) is 6.54 Å². The molecule has 1 nitrogen and oxygen atoms in total. The van der Waals surface area contributed by atoms with Crippen LogP contribution in [0.25, 0.3) is 0 Å². The molecule has 1 aromatic heterocycles. The molecular formula is C17H29NS. The van der Waals surface area contributed by atoms with E-state index >= 15 is 0 Å². The fraction of sp³-hybridized carbons (Fsp3) is 0.765. The summed E-state index contributed by atoms with van der Waals surface area (Å²) in [6.07, 6.45) is 6.86. The first-order valence-electron chi connectivity index (χ1n) is 7.92. The summed E-state index contributed by atoms with van der Waals surface area (Å²) in [7, 11) is 0. The number of aryl methyl sites for hydroxylation is 2. The van der Waals surface area contributed by atoms with Crippen molar-refractivity contribution in [1.29, 1.82) is 0 Å². The van der Waals surface area contributed by atoms with E-state index in [-0.39, 0.29) is 0 Å². The van der Waals surface area contributed by atoms with Gasteiger partial charge in [0.2, 0.25) is 0 Å². The van der Waals surface area contributed by atoms with Crippen LogP contribution in [0.15, 0.2) is 6.07 Å². The van der Waals surface area contributed by atoms with Gasteiger partial charge in [0.15, 0.2) is 0 Å². The van der Waals surface area contributed by atoms with Crippen LogP contribution in [0.5, 0.6) is 0 Å². The van der Waals surface area contributed by atoms with Gasteiger partial charge in [0.05, 0.1) is 0 Å². The van der Waals surface area contributed by atoms with Crippen LogP contribution in [0, 0.1) is 25.7 Å². The average Bonchev–Trinajstić information content (AvgIpc) is 2.72. The van der Waals surface area contributed by atoms with E-state index in [1.54, 1.807) is 4.88 Å². The van der Waals surface area contributed by atoms with Gasteiger partial charge in [-0.3, -0.25) is 0 Å². The molecule has 0 aliphatic heterocycles. The third kappa shape index (κ3) is 3.82. The van der Waals surface area contributed by atoms with Crippen molar-refractivity contribution in [2.24, 2.45) is 11.8 Å². The van der Waals surface area contributed by atoms with E-state index in [1.165, 1.54) is 42.5 Å². The highest BCUT2D eigenvalue weighted by Crippen LogP contribution is 2.39. The van der Waals surface area contributed by atoms with Crippen molar-refractivity contribution in [3.05, 3.63) is 21.4 Å². The van der Waals surface area contributed by atoms with E-state index in [1.807, 2.05) is 11.3 Å². The van der Waals surface area contributed by atoms with Gasteiger partial charge in [-0.05, 0) is 63.1 Å². The molecule has 19 heavy (non-hydrogen) atoms. The van der Waals surface area contributed by atoms with E-state index in [9.17, 15) is 0 Å². The minimum absolute atomic E-state index is 0.602. The SMILES string of the molecule is CCCNC(c1cc(C)c(C)s1)C1CCC(C)CC1. The summed E-state index contributed by atoms with van der Waals surface area (Å²) < 4.78 is 0. The Balaban J connectivity index is 2.10. The summed E-state index contributed by atoms with van der Waals surface area (Å²) in [6, 6.07) is 3.02. The Morgan fingerprint density at radius 3 is 2.47 bits per heavy atom. The molecular weight excluding hydrogens is 250 g/mol. The minimum Gasteiger partial charge on any atom is -0.309 e. The molecule has 0 saturated heterocycles. The minimum atomic E-state index is 0.602. The maximum absolute atomic E-state index is 3.82. The van der Waals surface area contributed by atoms with Gasteiger partial charge >= 0.3 is 0 Å². The van der Waals surface area contributed by atoms with E-state index in [2.05, 4.69) is 39.1 Å². The highest BCUT2D eigenvalue weighted by Gasteiger charge is 2.28. The monoisotopic (exact) mass is 279 g/mol. The Hall–Kier alpha value is -0.340. The first-order chi connectivity index (χ1) is 9.11. The molecule has 2 rings (SSSR count). The maximum Gasteiger partial charge on any atom is 0.0443 e. The molecule has 1 unspecified atom stereocenters. The fourth-order valence-corrected chi connectivity index (χ4v) is 4.39. The summed E-state index contributed by atoms with van der Waals surface area (Å²) in [5, 5.41) is 3.82. The van der Waals surface area contributed by atoms with Crippen LogP contribution < -0.4 is 5.32 Å². The fourth-order valence-electron chi connectivity index (χ4n) is 3.17. The molecule has 1 N–H and O–H groups in total. The van der Waals surface area contributed by atoms with Crippen LogP contribution in [-0.4, -0.2) is 6.54 Å². The lowest BCUT2D eigenvalue weighted by molar-refractivity contribution is 0.233. The molecule has 1 aromatic rings. The molecule has 1 heterocycles. The third-order valence-corrected chi connectivity index (χ3v) is 5.87. The van der Waals surface area contributed by atoms with Gasteiger partial charge in [-0.25, -0.2) is 0 Å². The molecule has 0 spiro atoms. The van der Waals surface area contributed by atoms with Gasteiger partial charge in [-0.15, -0.1) is 11.3 Å². The zero-order chi connectivity index (χ0) is 13.8. The van der Waals surface area contributed by atoms with Crippen LogP contribution >= 0.6 is 11.3 Å². The summed E-state index contributed by atoms with van der Waals surface area (Å²) in [5.74, 6) is 1.79. The van der Waals surface area contributed by atoms with Crippen LogP contribution in [0.3, 0.4) is 0 Å². The Morgan fingerprint density at radius 1 is 1.26 bits per heavy atom. The van der Waals surface area contributed by atoms with Crippen molar-refractivity contribution < 1.29 is 0 Å². The lowest BCUT2D eigenvalue weighted by Crippen LogP contribution is -2.30.